The van der Waals surface area contributed by atoms with Crippen LogP contribution >= 0.6 is 0 Å². The Labute approximate surface area is 117 Å². The lowest BCUT2D eigenvalue weighted by molar-refractivity contribution is -0.139. The number of carbonyl (C=O) groups is 1. The molecular formula is C15H30O4. The zero-order valence-electron chi connectivity index (χ0n) is 12.4. The molecule has 0 amide bonds. The Bertz CT molecular complexity index is 218. The third-order valence-electron chi connectivity index (χ3n) is 3.41. The highest BCUT2D eigenvalue weighted by atomic mass is 16.5. The van der Waals surface area contributed by atoms with E-state index in [2.05, 4.69) is 6.92 Å². The van der Waals surface area contributed by atoms with Gasteiger partial charge in [0.25, 0.3) is 0 Å². The average Bonchev–Trinajstić information content (AvgIpc) is 2.35. The predicted molar refractivity (Wildman–Crippen MR) is 76.3 cm³/mol. The summed E-state index contributed by atoms with van der Waals surface area (Å²) < 4.78 is 5.29. The number of aliphatic hydroxyl groups is 1. The van der Waals surface area contributed by atoms with Crippen molar-refractivity contribution in [2.24, 2.45) is 0 Å². The van der Waals surface area contributed by atoms with Crippen LogP contribution in [0.4, 0.5) is 0 Å². The second-order valence-corrected chi connectivity index (χ2v) is 5.26. The molecule has 0 rings (SSSR count). The fourth-order valence-electron chi connectivity index (χ4n) is 2.25. The third kappa shape index (κ3) is 12.2. The summed E-state index contributed by atoms with van der Waals surface area (Å²) in [6.45, 7) is 2.21. The smallest absolute Gasteiger partial charge is 0.305 e. The zero-order valence-corrected chi connectivity index (χ0v) is 12.4. The molecule has 0 aliphatic carbocycles. The van der Waals surface area contributed by atoms with Gasteiger partial charge in [-0.25, -0.2) is 0 Å². The first kappa shape index (κ1) is 18.4. The van der Waals surface area contributed by atoms with E-state index in [1.807, 2.05) is 0 Å². The fraction of sp³-hybridized carbons (Fsp3) is 0.933. The number of ether oxygens (including phenoxy) is 1. The van der Waals surface area contributed by atoms with E-state index in [0.717, 1.165) is 12.8 Å². The standard InChI is InChI=1S/C15H30O4/c1-3-4-5-6-7-8-9-10-14(19-2)11-13(16)12-15(17)18/h13-14,16H,3-12H2,1-2H3,(H,17,18)/t13-,14?/m1/s1. The van der Waals surface area contributed by atoms with E-state index in [1.165, 1.54) is 38.5 Å². The van der Waals surface area contributed by atoms with Gasteiger partial charge in [0.05, 0.1) is 18.6 Å². The molecule has 0 fully saturated rings. The van der Waals surface area contributed by atoms with Gasteiger partial charge in [0, 0.05) is 13.5 Å². The molecule has 1 unspecified atom stereocenters. The lowest BCUT2D eigenvalue weighted by Crippen LogP contribution is -2.22. The highest BCUT2D eigenvalue weighted by Crippen LogP contribution is 2.15. The predicted octanol–water partition coefficient (Wildman–Crippen LogP) is 3.37. The van der Waals surface area contributed by atoms with E-state index in [0.29, 0.717) is 6.42 Å². The molecule has 0 aliphatic heterocycles. The van der Waals surface area contributed by atoms with E-state index in [4.69, 9.17) is 9.84 Å². The van der Waals surface area contributed by atoms with Crippen LogP contribution in [0.3, 0.4) is 0 Å². The quantitative estimate of drug-likeness (QED) is 0.505. The van der Waals surface area contributed by atoms with Crippen molar-refractivity contribution in [2.45, 2.75) is 83.3 Å². The minimum absolute atomic E-state index is 0.0232. The monoisotopic (exact) mass is 274 g/mol. The molecule has 114 valence electrons. The Hall–Kier alpha value is -0.610. The number of aliphatic hydroxyl groups excluding tert-OH is 1. The van der Waals surface area contributed by atoms with Gasteiger partial charge in [-0.05, 0) is 6.42 Å². The van der Waals surface area contributed by atoms with Crippen molar-refractivity contribution in [1.29, 1.82) is 0 Å². The maximum absolute atomic E-state index is 10.5. The number of rotatable bonds is 13. The van der Waals surface area contributed by atoms with Gasteiger partial charge >= 0.3 is 5.97 Å². The van der Waals surface area contributed by atoms with Gasteiger partial charge in [0.1, 0.15) is 0 Å². The van der Waals surface area contributed by atoms with E-state index in [9.17, 15) is 9.90 Å². The third-order valence-corrected chi connectivity index (χ3v) is 3.41. The second kappa shape index (κ2) is 12.4. The summed E-state index contributed by atoms with van der Waals surface area (Å²) in [6, 6.07) is 0. The SMILES string of the molecule is CCCCCCCCCC(C[C@@H](O)CC(=O)O)OC. The lowest BCUT2D eigenvalue weighted by Gasteiger charge is -2.18. The molecule has 0 bridgehead atoms. The van der Waals surface area contributed by atoms with E-state index in [-0.39, 0.29) is 12.5 Å². The minimum Gasteiger partial charge on any atom is -0.481 e. The van der Waals surface area contributed by atoms with E-state index >= 15 is 0 Å². The Kier molecular flexibility index (Phi) is 12.0. The summed E-state index contributed by atoms with van der Waals surface area (Å²) in [5.74, 6) is -0.960. The van der Waals surface area contributed by atoms with Gasteiger partial charge in [-0.1, -0.05) is 51.9 Å². The highest BCUT2D eigenvalue weighted by molar-refractivity contribution is 5.67. The lowest BCUT2D eigenvalue weighted by atomic mass is 10.0. The molecular weight excluding hydrogens is 244 g/mol. The summed E-state index contributed by atoms with van der Waals surface area (Å²) in [5.41, 5.74) is 0. The molecule has 0 aromatic carbocycles. The van der Waals surface area contributed by atoms with Crippen LogP contribution in [0.15, 0.2) is 0 Å². The molecule has 2 N–H and O–H groups in total. The molecule has 0 aromatic rings. The van der Waals surface area contributed by atoms with Crippen LogP contribution in [-0.4, -0.2) is 35.5 Å². The molecule has 4 heteroatoms. The molecule has 19 heavy (non-hydrogen) atoms. The molecule has 2 atom stereocenters. The maximum Gasteiger partial charge on any atom is 0.305 e. The van der Waals surface area contributed by atoms with Crippen molar-refractivity contribution in [3.63, 3.8) is 0 Å². The van der Waals surface area contributed by atoms with Crippen LogP contribution in [0.25, 0.3) is 0 Å². The summed E-state index contributed by atoms with van der Waals surface area (Å²) >= 11 is 0. The van der Waals surface area contributed by atoms with Gasteiger partial charge in [0.2, 0.25) is 0 Å². The van der Waals surface area contributed by atoms with Crippen molar-refractivity contribution in [3.8, 4) is 0 Å². The summed E-state index contributed by atoms with van der Waals surface area (Å²) in [5, 5.41) is 18.1. The number of aliphatic carboxylic acids is 1. The van der Waals surface area contributed by atoms with Gasteiger partial charge in [-0.15, -0.1) is 0 Å². The highest BCUT2D eigenvalue weighted by Gasteiger charge is 2.16. The van der Waals surface area contributed by atoms with Crippen LogP contribution in [0.1, 0.15) is 71.1 Å². The number of hydrogen-bond acceptors (Lipinski definition) is 3. The fourth-order valence-corrected chi connectivity index (χ4v) is 2.25. The number of carboxylic acid groups (broad SMARTS) is 1. The van der Waals surface area contributed by atoms with Crippen molar-refractivity contribution in [2.75, 3.05) is 7.11 Å². The van der Waals surface area contributed by atoms with Crippen molar-refractivity contribution in [1.82, 2.24) is 0 Å². The molecule has 0 radical (unpaired) electrons. The van der Waals surface area contributed by atoms with Gasteiger partial charge in [0.15, 0.2) is 0 Å². The molecule has 0 aliphatic rings. The van der Waals surface area contributed by atoms with Crippen LogP contribution in [-0.2, 0) is 9.53 Å². The first-order valence-corrected chi connectivity index (χ1v) is 7.52. The summed E-state index contributed by atoms with van der Waals surface area (Å²) in [6.07, 6.45) is 9.05. The normalized spacial score (nSPS) is 14.3. The largest absolute Gasteiger partial charge is 0.481 e. The minimum atomic E-state index is -0.960. The summed E-state index contributed by atoms with van der Waals surface area (Å²) in [7, 11) is 1.62. The maximum atomic E-state index is 10.5. The molecule has 0 aromatic heterocycles. The Morgan fingerprint density at radius 2 is 1.68 bits per heavy atom. The first-order valence-electron chi connectivity index (χ1n) is 7.52. The molecule has 0 spiro atoms. The Balaban J connectivity index is 3.56. The number of hydrogen-bond donors (Lipinski definition) is 2. The van der Waals surface area contributed by atoms with Gasteiger partial charge in [-0.2, -0.15) is 0 Å². The topological polar surface area (TPSA) is 66.8 Å². The van der Waals surface area contributed by atoms with Gasteiger partial charge < -0.3 is 14.9 Å². The zero-order chi connectivity index (χ0) is 14.5. The van der Waals surface area contributed by atoms with Crippen molar-refractivity contribution in [3.05, 3.63) is 0 Å². The second-order valence-electron chi connectivity index (χ2n) is 5.26. The first-order chi connectivity index (χ1) is 9.10. The van der Waals surface area contributed by atoms with Gasteiger partial charge in [-0.3, -0.25) is 4.79 Å². The van der Waals surface area contributed by atoms with Crippen LogP contribution in [0.2, 0.25) is 0 Å². The van der Waals surface area contributed by atoms with Crippen LogP contribution < -0.4 is 0 Å². The van der Waals surface area contributed by atoms with Crippen LogP contribution in [0, 0.1) is 0 Å². The number of unbranched alkanes of at least 4 members (excludes halogenated alkanes) is 6. The Morgan fingerprint density at radius 3 is 2.21 bits per heavy atom. The molecule has 4 nitrogen and oxygen atoms in total. The number of methoxy groups -OCH3 is 1. The molecule has 0 saturated heterocycles. The van der Waals surface area contributed by atoms with Crippen molar-refractivity contribution >= 4 is 5.97 Å². The Morgan fingerprint density at radius 1 is 1.11 bits per heavy atom. The summed E-state index contributed by atoms with van der Waals surface area (Å²) in [4.78, 5) is 10.5. The molecule has 0 saturated carbocycles. The van der Waals surface area contributed by atoms with E-state index in [1.54, 1.807) is 7.11 Å². The van der Waals surface area contributed by atoms with Crippen LogP contribution in [0.5, 0.6) is 0 Å². The number of carboxylic acids is 1. The average molecular weight is 274 g/mol. The van der Waals surface area contributed by atoms with Crippen molar-refractivity contribution < 1.29 is 19.7 Å². The molecule has 0 heterocycles. The van der Waals surface area contributed by atoms with E-state index < -0.39 is 12.1 Å².